The summed E-state index contributed by atoms with van der Waals surface area (Å²) in [6.07, 6.45) is 16.7. The SMILES string of the molecule is CC(C)(C)[Si](C)(C)O[C@@H](CCC1=CCC(=O)[C@@H]1C/C=C\CCCC(=O)O)C1CCCC1. The Labute approximate surface area is 190 Å². The van der Waals surface area contributed by atoms with Crippen molar-refractivity contribution in [2.45, 2.75) is 116 Å². The predicted molar refractivity (Wildman–Crippen MR) is 130 cm³/mol. The quantitative estimate of drug-likeness (QED) is 0.197. The molecule has 0 amide bonds. The van der Waals surface area contributed by atoms with Gasteiger partial charge in [0, 0.05) is 24.9 Å². The number of hydrogen-bond donors (Lipinski definition) is 1. The Morgan fingerprint density at radius 3 is 2.55 bits per heavy atom. The molecule has 0 aromatic rings. The Hall–Kier alpha value is -1.20. The van der Waals surface area contributed by atoms with Gasteiger partial charge in [0.15, 0.2) is 8.32 Å². The lowest BCUT2D eigenvalue weighted by atomic mass is 9.89. The van der Waals surface area contributed by atoms with E-state index in [9.17, 15) is 9.59 Å². The number of carboxylic acid groups (broad SMARTS) is 1. The van der Waals surface area contributed by atoms with Crippen LogP contribution in [0.4, 0.5) is 0 Å². The molecule has 1 N–H and O–H groups in total. The Kier molecular flexibility index (Phi) is 9.75. The molecule has 176 valence electrons. The second-order valence-corrected chi connectivity index (χ2v) is 15.8. The zero-order chi connectivity index (χ0) is 23.1. The zero-order valence-corrected chi connectivity index (χ0v) is 21.4. The summed E-state index contributed by atoms with van der Waals surface area (Å²) in [5, 5.41) is 8.93. The summed E-state index contributed by atoms with van der Waals surface area (Å²) in [7, 11) is -1.82. The van der Waals surface area contributed by atoms with Gasteiger partial charge < -0.3 is 9.53 Å². The van der Waals surface area contributed by atoms with Crippen LogP contribution < -0.4 is 0 Å². The van der Waals surface area contributed by atoms with Gasteiger partial charge in [0.2, 0.25) is 0 Å². The fourth-order valence-corrected chi connectivity index (χ4v) is 6.01. The number of hydrogen-bond acceptors (Lipinski definition) is 3. The number of rotatable bonds is 12. The van der Waals surface area contributed by atoms with Gasteiger partial charge in [0.05, 0.1) is 0 Å². The monoisotopic (exact) mass is 448 g/mol. The smallest absolute Gasteiger partial charge is 0.303 e. The first kappa shape index (κ1) is 26.1. The third kappa shape index (κ3) is 8.01. The van der Waals surface area contributed by atoms with Gasteiger partial charge in [0.1, 0.15) is 5.78 Å². The van der Waals surface area contributed by atoms with Crippen LogP contribution in [0.2, 0.25) is 18.1 Å². The lowest BCUT2D eigenvalue weighted by molar-refractivity contribution is -0.137. The van der Waals surface area contributed by atoms with Crippen LogP contribution in [0.5, 0.6) is 0 Å². The number of unbranched alkanes of at least 4 members (excludes halogenated alkanes) is 1. The van der Waals surface area contributed by atoms with Crippen LogP contribution in [0.1, 0.15) is 91.4 Å². The van der Waals surface area contributed by atoms with Crippen LogP contribution >= 0.6 is 0 Å². The highest BCUT2D eigenvalue weighted by molar-refractivity contribution is 6.74. The van der Waals surface area contributed by atoms with Crippen molar-refractivity contribution < 1.29 is 19.1 Å². The van der Waals surface area contributed by atoms with E-state index in [0.29, 0.717) is 30.6 Å². The van der Waals surface area contributed by atoms with E-state index >= 15 is 0 Å². The van der Waals surface area contributed by atoms with E-state index in [4.69, 9.17) is 9.53 Å². The maximum atomic E-state index is 12.5. The van der Waals surface area contributed by atoms with Gasteiger partial charge in [0.25, 0.3) is 0 Å². The molecule has 4 nitrogen and oxygen atoms in total. The van der Waals surface area contributed by atoms with E-state index in [0.717, 1.165) is 25.7 Å². The van der Waals surface area contributed by atoms with Crippen molar-refractivity contribution in [3.63, 3.8) is 0 Å². The summed E-state index contributed by atoms with van der Waals surface area (Å²) in [6.45, 7) is 11.6. The molecule has 1 saturated carbocycles. The molecule has 2 aliphatic carbocycles. The van der Waals surface area contributed by atoms with Crippen molar-refractivity contribution >= 4 is 20.1 Å². The molecular weight excluding hydrogens is 404 g/mol. The average molecular weight is 449 g/mol. The van der Waals surface area contributed by atoms with Crippen molar-refractivity contribution in [3.8, 4) is 0 Å². The third-order valence-corrected chi connectivity index (χ3v) is 12.1. The Morgan fingerprint density at radius 2 is 1.94 bits per heavy atom. The maximum absolute atomic E-state index is 12.5. The van der Waals surface area contributed by atoms with E-state index in [1.54, 1.807) is 0 Å². The molecule has 0 spiro atoms. The van der Waals surface area contributed by atoms with Crippen molar-refractivity contribution in [3.05, 3.63) is 23.8 Å². The largest absolute Gasteiger partial charge is 0.481 e. The van der Waals surface area contributed by atoms with Crippen LogP contribution in [0.3, 0.4) is 0 Å². The molecule has 0 bridgehead atoms. The summed E-state index contributed by atoms with van der Waals surface area (Å²) in [6, 6.07) is 0. The van der Waals surface area contributed by atoms with Gasteiger partial charge in [-0.15, -0.1) is 0 Å². The maximum Gasteiger partial charge on any atom is 0.303 e. The second kappa shape index (κ2) is 11.6. The molecule has 2 atom stereocenters. The predicted octanol–water partition coefficient (Wildman–Crippen LogP) is 7.06. The normalized spacial score (nSPS) is 21.8. The molecule has 1 fully saturated rings. The number of carbonyl (C=O) groups excluding carboxylic acids is 1. The molecule has 31 heavy (non-hydrogen) atoms. The lowest BCUT2D eigenvalue weighted by Crippen LogP contribution is -2.45. The molecule has 0 heterocycles. The lowest BCUT2D eigenvalue weighted by Gasteiger charge is -2.41. The van der Waals surface area contributed by atoms with E-state index in [2.05, 4.69) is 46.0 Å². The van der Waals surface area contributed by atoms with Crippen molar-refractivity contribution in [2.75, 3.05) is 0 Å². The number of carboxylic acids is 1. The number of Topliss-reactive ketones (excluding diaryl/α,β-unsaturated/α-hetero) is 1. The van der Waals surface area contributed by atoms with Crippen LogP contribution in [-0.2, 0) is 14.0 Å². The first-order valence-electron chi connectivity index (χ1n) is 12.3. The van der Waals surface area contributed by atoms with Crippen LogP contribution in [0, 0.1) is 11.8 Å². The Balaban J connectivity index is 1.93. The molecule has 0 aliphatic heterocycles. The first-order chi connectivity index (χ1) is 14.5. The van der Waals surface area contributed by atoms with Gasteiger partial charge in [-0.05, 0) is 69.0 Å². The van der Waals surface area contributed by atoms with Gasteiger partial charge in [-0.1, -0.05) is 57.4 Å². The minimum Gasteiger partial charge on any atom is -0.481 e. The molecule has 2 aliphatic rings. The standard InChI is InChI=1S/C26H44O4Si/c1-26(2,3)31(4,5)30-24(21-12-10-11-13-21)19-17-20-16-18-23(27)22(20)14-8-6-7-9-15-25(28)29/h6,8,16,21-22,24H,7,9-15,17-19H2,1-5H3,(H,28,29)/b8-6-/t22-,24+/m1/s1. The van der Waals surface area contributed by atoms with E-state index in [1.807, 2.05) is 6.08 Å². The number of aliphatic carboxylic acids is 1. The minimum absolute atomic E-state index is 0.00724. The summed E-state index contributed by atoms with van der Waals surface area (Å²) in [5.41, 5.74) is 1.29. The fourth-order valence-electron chi connectivity index (χ4n) is 4.59. The molecule has 0 unspecified atom stereocenters. The number of carbonyl (C=O) groups is 2. The highest BCUT2D eigenvalue weighted by Gasteiger charge is 2.41. The van der Waals surface area contributed by atoms with Gasteiger partial charge in [-0.3, -0.25) is 9.59 Å². The fraction of sp³-hybridized carbons (Fsp3) is 0.769. The van der Waals surface area contributed by atoms with E-state index < -0.39 is 14.3 Å². The Bertz CT molecular complexity index is 665. The number of allylic oxidation sites excluding steroid dienone is 4. The summed E-state index contributed by atoms with van der Waals surface area (Å²) < 4.78 is 6.92. The highest BCUT2D eigenvalue weighted by Crippen LogP contribution is 2.42. The summed E-state index contributed by atoms with van der Waals surface area (Å²) in [5.74, 6) is 0.251. The average Bonchev–Trinajstić information content (AvgIpc) is 3.31. The molecular formula is C26H44O4Si. The highest BCUT2D eigenvalue weighted by atomic mass is 28.4. The van der Waals surface area contributed by atoms with Crippen LogP contribution in [-0.4, -0.2) is 31.3 Å². The number of ketones is 1. The minimum atomic E-state index is -1.82. The van der Waals surface area contributed by atoms with E-state index in [-0.39, 0.29) is 17.4 Å². The van der Waals surface area contributed by atoms with Gasteiger partial charge in [-0.25, -0.2) is 0 Å². The second-order valence-electron chi connectivity index (χ2n) is 11.0. The molecule has 5 heteroatoms. The van der Waals surface area contributed by atoms with Crippen molar-refractivity contribution in [1.82, 2.24) is 0 Å². The zero-order valence-electron chi connectivity index (χ0n) is 20.4. The van der Waals surface area contributed by atoms with Crippen LogP contribution in [0.15, 0.2) is 23.8 Å². The van der Waals surface area contributed by atoms with Gasteiger partial charge >= 0.3 is 5.97 Å². The molecule has 0 aromatic heterocycles. The summed E-state index contributed by atoms with van der Waals surface area (Å²) >= 11 is 0. The summed E-state index contributed by atoms with van der Waals surface area (Å²) in [4.78, 5) is 23.1. The Morgan fingerprint density at radius 1 is 1.26 bits per heavy atom. The van der Waals surface area contributed by atoms with E-state index in [1.165, 1.54) is 31.3 Å². The molecule has 0 radical (unpaired) electrons. The van der Waals surface area contributed by atoms with Crippen molar-refractivity contribution in [1.29, 1.82) is 0 Å². The first-order valence-corrected chi connectivity index (χ1v) is 15.2. The van der Waals surface area contributed by atoms with Crippen LogP contribution in [0.25, 0.3) is 0 Å². The third-order valence-electron chi connectivity index (χ3n) is 7.60. The molecule has 2 rings (SSSR count). The molecule has 0 aromatic carbocycles. The topological polar surface area (TPSA) is 63.6 Å². The van der Waals surface area contributed by atoms with Gasteiger partial charge in [-0.2, -0.15) is 0 Å². The van der Waals surface area contributed by atoms with Crippen molar-refractivity contribution in [2.24, 2.45) is 11.8 Å². The molecule has 0 saturated heterocycles.